The van der Waals surface area contributed by atoms with Crippen molar-refractivity contribution in [1.82, 2.24) is 9.80 Å². The standard InChI is InChI=1S/C20H22ClN3S/c21-18-8-10-19(11-9-18)22-20(25)24-15-13-23(14-16-24)12-4-7-17-5-2-1-3-6-17/h1-11H,12-16H2,(H,22,25)/b7-4+. The smallest absolute Gasteiger partial charge is 0.173 e. The van der Waals surface area contributed by atoms with Gasteiger partial charge in [0.05, 0.1) is 0 Å². The molecular formula is C20H22ClN3S. The number of anilines is 1. The lowest BCUT2D eigenvalue weighted by molar-refractivity contribution is 0.200. The second-order valence-corrected chi connectivity index (χ2v) is 6.86. The average molecular weight is 372 g/mol. The first kappa shape index (κ1) is 17.9. The predicted molar refractivity (Wildman–Crippen MR) is 111 cm³/mol. The lowest BCUT2D eigenvalue weighted by atomic mass is 10.2. The van der Waals surface area contributed by atoms with Gasteiger partial charge in [-0.15, -0.1) is 0 Å². The van der Waals surface area contributed by atoms with E-state index in [9.17, 15) is 0 Å². The normalized spacial score (nSPS) is 15.5. The summed E-state index contributed by atoms with van der Waals surface area (Å²) in [6.45, 7) is 4.89. The van der Waals surface area contributed by atoms with Crippen molar-refractivity contribution in [3.05, 3.63) is 71.3 Å². The average Bonchev–Trinajstić information content (AvgIpc) is 2.65. The maximum atomic E-state index is 5.91. The maximum absolute atomic E-state index is 5.91. The highest BCUT2D eigenvalue weighted by atomic mass is 35.5. The van der Waals surface area contributed by atoms with Crippen LogP contribution in [0.3, 0.4) is 0 Å². The molecule has 1 heterocycles. The summed E-state index contributed by atoms with van der Waals surface area (Å²) in [6.07, 6.45) is 4.41. The highest BCUT2D eigenvalue weighted by Crippen LogP contribution is 2.14. The lowest BCUT2D eigenvalue weighted by Crippen LogP contribution is -2.49. The molecule has 0 unspecified atom stereocenters. The van der Waals surface area contributed by atoms with Gasteiger partial charge in [0.1, 0.15) is 0 Å². The Labute approximate surface area is 159 Å². The molecule has 3 rings (SSSR count). The number of nitrogens with one attached hydrogen (secondary N) is 1. The Morgan fingerprint density at radius 1 is 1.00 bits per heavy atom. The van der Waals surface area contributed by atoms with Gasteiger partial charge in [0, 0.05) is 43.4 Å². The van der Waals surface area contributed by atoms with Gasteiger partial charge >= 0.3 is 0 Å². The van der Waals surface area contributed by atoms with Gasteiger partial charge in [-0.25, -0.2) is 0 Å². The van der Waals surface area contributed by atoms with Crippen LogP contribution < -0.4 is 5.32 Å². The quantitative estimate of drug-likeness (QED) is 0.804. The van der Waals surface area contributed by atoms with E-state index in [1.54, 1.807) is 0 Å². The van der Waals surface area contributed by atoms with E-state index < -0.39 is 0 Å². The topological polar surface area (TPSA) is 18.5 Å². The van der Waals surface area contributed by atoms with E-state index in [4.69, 9.17) is 23.8 Å². The lowest BCUT2D eigenvalue weighted by Gasteiger charge is -2.35. The summed E-state index contributed by atoms with van der Waals surface area (Å²) in [6, 6.07) is 18.0. The largest absolute Gasteiger partial charge is 0.346 e. The Bertz CT molecular complexity index is 707. The molecule has 1 N–H and O–H groups in total. The molecule has 2 aromatic rings. The summed E-state index contributed by atoms with van der Waals surface area (Å²) in [5.74, 6) is 0. The van der Waals surface area contributed by atoms with E-state index in [2.05, 4.69) is 51.5 Å². The van der Waals surface area contributed by atoms with Crippen LogP contribution in [0.15, 0.2) is 60.7 Å². The van der Waals surface area contributed by atoms with Crippen molar-refractivity contribution >= 4 is 40.7 Å². The molecule has 2 aromatic carbocycles. The van der Waals surface area contributed by atoms with Gasteiger partial charge in [0.25, 0.3) is 0 Å². The van der Waals surface area contributed by atoms with Gasteiger partial charge in [-0.2, -0.15) is 0 Å². The van der Waals surface area contributed by atoms with E-state index in [-0.39, 0.29) is 0 Å². The molecule has 0 amide bonds. The second-order valence-electron chi connectivity index (χ2n) is 6.04. The summed E-state index contributed by atoms with van der Waals surface area (Å²) in [5, 5.41) is 4.79. The molecular weight excluding hydrogens is 350 g/mol. The Morgan fingerprint density at radius 2 is 1.68 bits per heavy atom. The van der Waals surface area contributed by atoms with E-state index in [0.29, 0.717) is 0 Å². The number of rotatable bonds is 4. The van der Waals surface area contributed by atoms with E-state index >= 15 is 0 Å². The van der Waals surface area contributed by atoms with Crippen LogP contribution in [0.2, 0.25) is 5.02 Å². The molecule has 0 saturated carbocycles. The summed E-state index contributed by atoms with van der Waals surface area (Å²) in [7, 11) is 0. The van der Waals surface area contributed by atoms with Gasteiger partial charge in [0.15, 0.2) is 5.11 Å². The molecule has 0 aliphatic carbocycles. The minimum absolute atomic E-state index is 0.730. The Balaban J connectivity index is 1.42. The molecule has 130 valence electrons. The number of hydrogen-bond donors (Lipinski definition) is 1. The molecule has 5 heteroatoms. The first-order valence-corrected chi connectivity index (χ1v) is 9.25. The molecule has 0 spiro atoms. The molecule has 25 heavy (non-hydrogen) atoms. The molecule has 1 fully saturated rings. The van der Waals surface area contributed by atoms with Gasteiger partial charge in [0.2, 0.25) is 0 Å². The highest BCUT2D eigenvalue weighted by molar-refractivity contribution is 7.80. The van der Waals surface area contributed by atoms with Gasteiger partial charge in [-0.05, 0) is 42.0 Å². The van der Waals surface area contributed by atoms with E-state index in [1.807, 2.05) is 30.3 Å². The zero-order valence-electron chi connectivity index (χ0n) is 14.1. The molecule has 0 aromatic heterocycles. The SMILES string of the molecule is S=C(Nc1ccc(Cl)cc1)N1CCN(C/C=C/c2ccccc2)CC1. The Kier molecular flexibility index (Phi) is 6.45. The van der Waals surface area contributed by atoms with Crippen molar-refractivity contribution in [2.45, 2.75) is 0 Å². The zero-order valence-corrected chi connectivity index (χ0v) is 15.6. The van der Waals surface area contributed by atoms with Crippen molar-refractivity contribution in [3.63, 3.8) is 0 Å². The number of halogens is 1. The van der Waals surface area contributed by atoms with Crippen LogP contribution in [-0.4, -0.2) is 47.6 Å². The first-order chi connectivity index (χ1) is 12.2. The molecule has 0 atom stereocenters. The van der Waals surface area contributed by atoms with Gasteiger partial charge < -0.3 is 10.2 Å². The molecule has 3 nitrogen and oxygen atoms in total. The van der Waals surface area contributed by atoms with Crippen molar-refractivity contribution in [2.75, 3.05) is 38.0 Å². The van der Waals surface area contributed by atoms with Crippen molar-refractivity contribution in [1.29, 1.82) is 0 Å². The summed E-state index contributed by atoms with van der Waals surface area (Å²) < 4.78 is 0. The fraction of sp³-hybridized carbons (Fsp3) is 0.250. The molecule has 0 bridgehead atoms. The third kappa shape index (κ3) is 5.56. The third-order valence-corrected chi connectivity index (χ3v) is 4.84. The zero-order chi connectivity index (χ0) is 17.5. The fourth-order valence-electron chi connectivity index (χ4n) is 2.77. The van der Waals surface area contributed by atoms with Crippen molar-refractivity contribution < 1.29 is 0 Å². The van der Waals surface area contributed by atoms with Gasteiger partial charge in [-0.3, -0.25) is 4.90 Å². The number of hydrogen-bond acceptors (Lipinski definition) is 2. The predicted octanol–water partition coefficient (Wildman–Crippen LogP) is 4.37. The Morgan fingerprint density at radius 3 is 2.36 bits per heavy atom. The Hall–Kier alpha value is -1.88. The fourth-order valence-corrected chi connectivity index (χ4v) is 3.20. The van der Waals surface area contributed by atoms with Gasteiger partial charge in [-0.1, -0.05) is 54.1 Å². The van der Waals surface area contributed by atoms with Crippen LogP contribution in [0.1, 0.15) is 5.56 Å². The van der Waals surface area contributed by atoms with Crippen LogP contribution in [0, 0.1) is 0 Å². The minimum atomic E-state index is 0.730. The molecule has 1 aliphatic heterocycles. The second kappa shape index (κ2) is 8.99. The number of piperazine rings is 1. The van der Waals surface area contributed by atoms with E-state index in [1.165, 1.54) is 5.56 Å². The number of nitrogens with zero attached hydrogens (tertiary/aromatic N) is 2. The van der Waals surface area contributed by atoms with Crippen LogP contribution in [0.5, 0.6) is 0 Å². The summed E-state index contributed by atoms with van der Waals surface area (Å²) in [4.78, 5) is 4.67. The number of benzene rings is 2. The minimum Gasteiger partial charge on any atom is -0.346 e. The molecule has 0 radical (unpaired) electrons. The van der Waals surface area contributed by atoms with Crippen LogP contribution in [0.25, 0.3) is 6.08 Å². The summed E-state index contributed by atoms with van der Waals surface area (Å²) >= 11 is 11.4. The molecule has 1 saturated heterocycles. The van der Waals surface area contributed by atoms with Crippen molar-refractivity contribution in [2.24, 2.45) is 0 Å². The first-order valence-electron chi connectivity index (χ1n) is 8.46. The van der Waals surface area contributed by atoms with Crippen LogP contribution >= 0.6 is 23.8 Å². The van der Waals surface area contributed by atoms with Crippen molar-refractivity contribution in [3.8, 4) is 0 Å². The van der Waals surface area contributed by atoms with E-state index in [0.717, 1.165) is 48.5 Å². The highest BCUT2D eigenvalue weighted by Gasteiger charge is 2.18. The third-order valence-electron chi connectivity index (χ3n) is 4.23. The summed E-state index contributed by atoms with van der Waals surface area (Å²) in [5.41, 5.74) is 2.22. The van der Waals surface area contributed by atoms with Crippen LogP contribution in [0.4, 0.5) is 5.69 Å². The monoisotopic (exact) mass is 371 g/mol. The maximum Gasteiger partial charge on any atom is 0.173 e. The number of thiocarbonyl (C=S) groups is 1. The molecule has 1 aliphatic rings. The van der Waals surface area contributed by atoms with Crippen LogP contribution in [-0.2, 0) is 0 Å².